The first-order valence-corrected chi connectivity index (χ1v) is 7.22. The van der Waals surface area contributed by atoms with Crippen molar-refractivity contribution in [2.45, 2.75) is 20.4 Å². The second-order valence-electron chi connectivity index (χ2n) is 4.75. The van der Waals surface area contributed by atoms with Crippen LogP contribution in [0.25, 0.3) is 16.6 Å². The van der Waals surface area contributed by atoms with Crippen molar-refractivity contribution in [3.05, 3.63) is 51.9 Å². The van der Waals surface area contributed by atoms with Crippen LogP contribution in [0.3, 0.4) is 0 Å². The van der Waals surface area contributed by atoms with Crippen LogP contribution in [0.15, 0.2) is 34.8 Å². The number of rotatable bonds is 2. The highest BCUT2D eigenvalue weighted by molar-refractivity contribution is 9.10. The molecule has 0 radical (unpaired) electrons. The highest BCUT2D eigenvalue weighted by Crippen LogP contribution is 2.27. The zero-order valence-corrected chi connectivity index (χ0v) is 13.0. The molecule has 0 amide bonds. The van der Waals surface area contributed by atoms with E-state index in [4.69, 9.17) is 5.73 Å². The van der Waals surface area contributed by atoms with Gasteiger partial charge in [-0.1, -0.05) is 18.2 Å². The molecule has 2 heterocycles. The van der Waals surface area contributed by atoms with Gasteiger partial charge in [0.15, 0.2) is 0 Å². The van der Waals surface area contributed by atoms with Crippen LogP contribution in [0.2, 0.25) is 0 Å². The zero-order valence-electron chi connectivity index (χ0n) is 11.4. The lowest BCUT2D eigenvalue weighted by atomic mass is 10.1. The Morgan fingerprint density at radius 2 is 2.00 bits per heavy atom. The highest BCUT2D eigenvalue weighted by Gasteiger charge is 2.13. The van der Waals surface area contributed by atoms with Crippen LogP contribution >= 0.6 is 15.9 Å². The minimum Gasteiger partial charge on any atom is -0.325 e. The molecule has 0 bridgehead atoms. The molecule has 2 N–H and O–H groups in total. The summed E-state index contributed by atoms with van der Waals surface area (Å²) < 4.78 is 2.98. The Hall–Kier alpha value is -1.72. The van der Waals surface area contributed by atoms with Gasteiger partial charge in [0.25, 0.3) is 0 Å². The maximum Gasteiger partial charge on any atom is 0.0761 e. The van der Waals surface area contributed by atoms with Gasteiger partial charge in [0.2, 0.25) is 0 Å². The van der Waals surface area contributed by atoms with Crippen molar-refractivity contribution in [2.75, 3.05) is 0 Å². The summed E-state index contributed by atoms with van der Waals surface area (Å²) in [6.07, 6.45) is 0. The molecule has 0 aliphatic carbocycles. The van der Waals surface area contributed by atoms with E-state index in [0.717, 1.165) is 38.1 Å². The van der Waals surface area contributed by atoms with Crippen LogP contribution in [-0.2, 0) is 6.54 Å². The predicted octanol–water partition coefficient (Wildman–Crippen LogP) is 3.26. The van der Waals surface area contributed by atoms with Crippen molar-refractivity contribution >= 4 is 26.8 Å². The quantitative estimate of drug-likeness (QED) is 0.784. The van der Waals surface area contributed by atoms with Crippen LogP contribution in [-0.4, -0.2) is 14.8 Å². The van der Waals surface area contributed by atoms with E-state index >= 15 is 0 Å². The van der Waals surface area contributed by atoms with Gasteiger partial charge in [-0.05, 0) is 41.9 Å². The van der Waals surface area contributed by atoms with Crippen LogP contribution in [0.1, 0.15) is 17.1 Å². The number of hydrogen-bond donors (Lipinski definition) is 1. The van der Waals surface area contributed by atoms with Crippen LogP contribution in [0, 0.1) is 13.8 Å². The first-order valence-electron chi connectivity index (χ1n) is 6.42. The van der Waals surface area contributed by atoms with Gasteiger partial charge in [-0.15, -0.1) is 0 Å². The van der Waals surface area contributed by atoms with E-state index in [1.54, 1.807) is 0 Å². The summed E-state index contributed by atoms with van der Waals surface area (Å²) >= 11 is 3.57. The van der Waals surface area contributed by atoms with Crippen molar-refractivity contribution in [2.24, 2.45) is 5.73 Å². The molecule has 0 aliphatic rings. The number of hydrogen-bond acceptors (Lipinski definition) is 3. The van der Waals surface area contributed by atoms with Crippen LogP contribution < -0.4 is 5.73 Å². The van der Waals surface area contributed by atoms with Gasteiger partial charge in [0.05, 0.1) is 32.8 Å². The van der Waals surface area contributed by atoms with E-state index in [0.29, 0.717) is 6.54 Å². The maximum atomic E-state index is 5.76. The predicted molar refractivity (Wildman–Crippen MR) is 83.9 cm³/mol. The van der Waals surface area contributed by atoms with E-state index in [9.17, 15) is 0 Å². The standard InChI is InChI=1S/C15H15BrN4/c1-9-15(16)10(2)20(19-9)14-7-11(8-17)18-13-6-4-3-5-12(13)14/h3-7H,8,17H2,1-2H3. The lowest BCUT2D eigenvalue weighted by Crippen LogP contribution is -2.05. The van der Waals surface area contributed by atoms with Gasteiger partial charge in [-0.2, -0.15) is 5.10 Å². The first-order chi connectivity index (χ1) is 9.61. The second kappa shape index (κ2) is 5.00. The maximum absolute atomic E-state index is 5.76. The fraction of sp³-hybridized carbons (Fsp3) is 0.200. The smallest absolute Gasteiger partial charge is 0.0761 e. The number of aryl methyl sites for hydroxylation is 1. The summed E-state index contributed by atoms with van der Waals surface area (Å²) in [5.41, 5.74) is 10.6. The molecule has 0 fully saturated rings. The molecule has 0 saturated heterocycles. The molecule has 0 saturated carbocycles. The number of benzene rings is 1. The largest absolute Gasteiger partial charge is 0.325 e. The lowest BCUT2D eigenvalue weighted by molar-refractivity contribution is 0.833. The van der Waals surface area contributed by atoms with E-state index in [-0.39, 0.29) is 0 Å². The fourth-order valence-corrected chi connectivity index (χ4v) is 2.60. The molecule has 20 heavy (non-hydrogen) atoms. The van der Waals surface area contributed by atoms with Gasteiger partial charge in [0, 0.05) is 11.9 Å². The molecule has 5 heteroatoms. The van der Waals surface area contributed by atoms with Crippen molar-refractivity contribution < 1.29 is 0 Å². The Bertz CT molecular complexity index is 792. The van der Waals surface area contributed by atoms with Gasteiger partial charge in [-0.3, -0.25) is 4.98 Å². The average molecular weight is 331 g/mol. The molecule has 1 aromatic carbocycles. The molecule has 0 unspecified atom stereocenters. The van der Waals surface area contributed by atoms with Gasteiger partial charge >= 0.3 is 0 Å². The van der Waals surface area contributed by atoms with Gasteiger partial charge in [0.1, 0.15) is 0 Å². The Morgan fingerprint density at radius 1 is 1.25 bits per heavy atom. The van der Waals surface area contributed by atoms with Crippen molar-refractivity contribution in [1.29, 1.82) is 0 Å². The summed E-state index contributed by atoms with van der Waals surface area (Å²) in [4.78, 5) is 4.56. The molecule has 3 aromatic rings. The number of aromatic nitrogens is 3. The van der Waals surface area contributed by atoms with Crippen molar-refractivity contribution in [1.82, 2.24) is 14.8 Å². The lowest BCUT2D eigenvalue weighted by Gasteiger charge is -2.10. The molecule has 102 valence electrons. The Labute approximate surface area is 125 Å². The number of fused-ring (bicyclic) bond motifs is 1. The van der Waals surface area contributed by atoms with Crippen LogP contribution in [0.4, 0.5) is 0 Å². The minimum atomic E-state index is 0.415. The SMILES string of the molecule is Cc1nn(-c2cc(CN)nc3ccccc23)c(C)c1Br. The zero-order chi connectivity index (χ0) is 14.3. The molecule has 2 aromatic heterocycles. The normalized spacial score (nSPS) is 11.2. The van der Waals surface area contributed by atoms with Crippen molar-refractivity contribution in [3.8, 4) is 5.69 Å². The van der Waals surface area contributed by atoms with Gasteiger partial charge < -0.3 is 5.73 Å². The monoisotopic (exact) mass is 330 g/mol. The number of nitrogens with zero attached hydrogens (tertiary/aromatic N) is 3. The number of pyridine rings is 1. The van der Waals surface area contributed by atoms with E-state index in [1.165, 1.54) is 0 Å². The summed E-state index contributed by atoms with van der Waals surface area (Å²) in [6.45, 7) is 4.44. The topological polar surface area (TPSA) is 56.7 Å². The minimum absolute atomic E-state index is 0.415. The number of nitrogens with two attached hydrogens (primary N) is 1. The van der Waals surface area contributed by atoms with Crippen LogP contribution in [0.5, 0.6) is 0 Å². The third-order valence-electron chi connectivity index (χ3n) is 3.39. The van der Waals surface area contributed by atoms with E-state index in [2.05, 4.69) is 32.1 Å². The Kier molecular flexibility index (Phi) is 3.31. The summed E-state index contributed by atoms with van der Waals surface area (Å²) in [7, 11) is 0. The van der Waals surface area contributed by atoms with Gasteiger partial charge in [-0.25, -0.2) is 4.68 Å². The Balaban J connectivity index is 2.37. The summed E-state index contributed by atoms with van der Waals surface area (Å²) in [6, 6.07) is 10.1. The first kappa shape index (κ1) is 13.3. The van der Waals surface area contributed by atoms with E-state index in [1.807, 2.05) is 42.8 Å². The molecule has 0 aliphatic heterocycles. The average Bonchev–Trinajstić information content (AvgIpc) is 2.73. The second-order valence-corrected chi connectivity index (χ2v) is 5.54. The number of para-hydroxylation sites is 1. The number of halogens is 1. The third-order valence-corrected chi connectivity index (χ3v) is 4.54. The summed E-state index contributed by atoms with van der Waals surface area (Å²) in [5.74, 6) is 0. The molecule has 0 spiro atoms. The van der Waals surface area contributed by atoms with E-state index < -0.39 is 0 Å². The molecule has 4 nitrogen and oxygen atoms in total. The third kappa shape index (κ3) is 2.03. The fourth-order valence-electron chi connectivity index (χ4n) is 2.35. The molecule has 0 atom stereocenters. The molecule has 3 rings (SSSR count). The molecular weight excluding hydrogens is 316 g/mol. The highest BCUT2D eigenvalue weighted by atomic mass is 79.9. The van der Waals surface area contributed by atoms with Crippen molar-refractivity contribution in [3.63, 3.8) is 0 Å². The summed E-state index contributed by atoms with van der Waals surface area (Å²) in [5, 5.41) is 5.68. The molecular formula is C15H15BrN4. The Morgan fingerprint density at radius 3 is 2.65 bits per heavy atom.